The summed E-state index contributed by atoms with van der Waals surface area (Å²) < 4.78 is 34.7. The van der Waals surface area contributed by atoms with Gasteiger partial charge >= 0.3 is 6.09 Å². The van der Waals surface area contributed by atoms with Gasteiger partial charge in [-0.05, 0) is 94.2 Å². The van der Waals surface area contributed by atoms with Crippen molar-refractivity contribution < 1.29 is 23.4 Å². The molecule has 3 aliphatic heterocycles. The summed E-state index contributed by atoms with van der Waals surface area (Å²) >= 11 is 7.30. The molecule has 3 fully saturated rings. The van der Waals surface area contributed by atoms with Crippen LogP contribution in [-0.2, 0) is 15.9 Å². The van der Waals surface area contributed by atoms with E-state index in [9.17, 15) is 10.1 Å². The minimum Gasteiger partial charge on any atom is -0.468 e. The predicted octanol–water partition coefficient (Wildman–Crippen LogP) is 7.62. The lowest BCUT2D eigenvalue weighted by Gasteiger charge is -2.45. The second kappa shape index (κ2) is 14.2. The molecule has 2 bridgehead atoms. The molecule has 0 aliphatic carbocycles. The number of anilines is 2. The summed E-state index contributed by atoms with van der Waals surface area (Å²) in [6.07, 6.45) is 1.92. The Labute approximate surface area is 309 Å². The Bertz CT molecular complexity index is 2040. The summed E-state index contributed by atoms with van der Waals surface area (Å²) in [6, 6.07) is 16.1. The summed E-state index contributed by atoms with van der Waals surface area (Å²) in [4.78, 5) is 26.8. The van der Waals surface area contributed by atoms with Gasteiger partial charge in [-0.2, -0.15) is 5.26 Å². The number of benzene rings is 3. The number of amides is 1. The Morgan fingerprint density at radius 1 is 1.06 bits per heavy atom. The third kappa shape index (κ3) is 6.68. The molecular weight excluding hydrogens is 683 g/mol. The van der Waals surface area contributed by atoms with Gasteiger partial charge in [0.15, 0.2) is 12.6 Å². The monoisotopic (exact) mass is 728 g/mol. The number of aryl methyl sites for hydroxylation is 1. The molecule has 2 atom stereocenters. The van der Waals surface area contributed by atoms with Crippen LogP contribution in [0.5, 0.6) is 5.75 Å². The number of likely N-dealkylation sites (tertiary alicyclic amines) is 1. The highest BCUT2D eigenvalue weighted by atomic mass is 35.5. The van der Waals surface area contributed by atoms with E-state index in [2.05, 4.69) is 20.8 Å². The topological polar surface area (TPSA) is 94.4 Å². The minimum absolute atomic E-state index is 0.0363. The molecule has 4 aromatic rings. The van der Waals surface area contributed by atoms with E-state index >= 15 is 4.39 Å². The molecule has 52 heavy (non-hydrogen) atoms. The number of piperazine rings is 1. The zero-order valence-electron chi connectivity index (χ0n) is 30.7. The maximum atomic E-state index is 17.9. The van der Waals surface area contributed by atoms with E-state index in [0.717, 1.165) is 23.6 Å². The molecule has 1 aromatic heterocycles. The Kier molecular flexibility index (Phi) is 9.85. The maximum absolute atomic E-state index is 17.9. The van der Waals surface area contributed by atoms with E-state index in [1.165, 1.54) is 0 Å². The first-order valence-corrected chi connectivity index (χ1v) is 18.3. The molecule has 0 radical (unpaired) electrons. The molecular formula is C40H46ClFN6O4. The number of halogens is 2. The lowest BCUT2D eigenvalue weighted by molar-refractivity contribution is 0.0209. The van der Waals surface area contributed by atoms with Gasteiger partial charge in [-0.15, -0.1) is 0 Å². The minimum atomic E-state index is -0.604. The van der Waals surface area contributed by atoms with Crippen molar-refractivity contribution in [2.24, 2.45) is 0 Å². The normalized spacial score (nSPS) is 19.0. The van der Waals surface area contributed by atoms with Crippen molar-refractivity contribution >= 4 is 50.9 Å². The largest absolute Gasteiger partial charge is 0.468 e. The molecule has 7 rings (SSSR count). The quantitative estimate of drug-likeness (QED) is 0.161. The number of methoxy groups -OCH3 is 1. The maximum Gasteiger partial charge on any atom is 0.410 e. The Balaban J connectivity index is 1.43. The van der Waals surface area contributed by atoms with Crippen molar-refractivity contribution in [1.29, 1.82) is 5.26 Å². The van der Waals surface area contributed by atoms with Crippen molar-refractivity contribution in [3.05, 3.63) is 58.9 Å². The summed E-state index contributed by atoms with van der Waals surface area (Å²) in [7, 11) is 5.65. The number of hydrogen-bond donors (Lipinski definition) is 0. The number of carbonyl (C=O) groups excluding carboxylic acids is 1. The molecule has 3 saturated heterocycles. The van der Waals surface area contributed by atoms with Crippen molar-refractivity contribution in [2.45, 2.75) is 70.2 Å². The van der Waals surface area contributed by atoms with Crippen molar-refractivity contribution in [3.63, 3.8) is 0 Å². The zero-order chi connectivity index (χ0) is 36.9. The molecule has 12 heteroatoms. The van der Waals surface area contributed by atoms with E-state index in [-0.39, 0.29) is 36.4 Å². The highest BCUT2D eigenvalue weighted by Gasteiger charge is 2.45. The fourth-order valence-corrected chi connectivity index (χ4v) is 8.23. The Morgan fingerprint density at radius 2 is 1.77 bits per heavy atom. The zero-order valence-corrected chi connectivity index (χ0v) is 31.5. The summed E-state index contributed by atoms with van der Waals surface area (Å²) in [5, 5.41) is 12.6. The van der Waals surface area contributed by atoms with Crippen LogP contribution in [0.4, 0.5) is 20.8 Å². The summed E-state index contributed by atoms with van der Waals surface area (Å²) in [5.74, 6) is 1.29. The Morgan fingerprint density at radius 3 is 2.42 bits per heavy atom. The summed E-state index contributed by atoms with van der Waals surface area (Å²) in [5.41, 5.74) is 1.12. The highest BCUT2D eigenvalue weighted by Crippen LogP contribution is 2.48. The predicted molar refractivity (Wildman–Crippen MR) is 203 cm³/mol. The molecule has 4 heterocycles. The standard InChI is InChI=1S/C40H46ClFN6O4/c1-40(2,3)52-39(49)47-19-26-13-14-27(20-47)48(26)37-32-17-25(11-9-15-43)33(31-18-29(51-23-50-6)16-24-10-7-8-12-30(24)31)36(42)34(32)35(41)38(44-37)46-21-28(22-46)45(4)5/h7-8,10,12,16-18,26-28H,9,11,13-14,19-23H2,1-6H3. The van der Waals surface area contributed by atoms with Crippen LogP contribution in [0.3, 0.4) is 0 Å². The van der Waals surface area contributed by atoms with Gasteiger partial charge in [-0.1, -0.05) is 35.9 Å². The highest BCUT2D eigenvalue weighted by molar-refractivity contribution is 6.38. The number of carbonyl (C=O) groups is 1. The fraction of sp³-hybridized carbons (Fsp3) is 0.475. The molecule has 274 valence electrons. The number of nitriles is 1. The first-order chi connectivity index (χ1) is 24.9. The number of likely N-dealkylation sites (N-methyl/N-ethyl adjacent to an activating group) is 1. The number of nitrogens with zero attached hydrogens (tertiary/aromatic N) is 6. The van der Waals surface area contributed by atoms with Gasteiger partial charge in [0.05, 0.1) is 11.1 Å². The smallest absolute Gasteiger partial charge is 0.410 e. The van der Waals surface area contributed by atoms with Gasteiger partial charge in [0.25, 0.3) is 0 Å². The SMILES string of the molecule is COCOc1cc(-c2c(CCC#N)cc3c(N4C5CCC4CN(C(=O)OC(C)(C)C)C5)nc(N4CC(N(C)C)C4)c(Cl)c3c2F)c2ccccc2c1. The van der Waals surface area contributed by atoms with Gasteiger partial charge < -0.3 is 33.8 Å². The second-order valence-electron chi connectivity index (χ2n) is 15.3. The van der Waals surface area contributed by atoms with Gasteiger partial charge in [-0.3, -0.25) is 0 Å². The molecule has 10 nitrogen and oxygen atoms in total. The van der Waals surface area contributed by atoms with Gasteiger partial charge in [0.1, 0.15) is 23.0 Å². The Hall–Kier alpha value is -4.37. The number of hydrogen-bond acceptors (Lipinski definition) is 9. The van der Waals surface area contributed by atoms with E-state index in [1.54, 1.807) is 12.0 Å². The number of aromatic nitrogens is 1. The fourth-order valence-electron chi connectivity index (χ4n) is 7.88. The van der Waals surface area contributed by atoms with Crippen LogP contribution < -0.4 is 14.5 Å². The molecule has 2 unspecified atom stereocenters. The van der Waals surface area contributed by atoms with E-state index < -0.39 is 11.4 Å². The lowest BCUT2D eigenvalue weighted by atomic mass is 9.89. The van der Waals surface area contributed by atoms with Crippen molar-refractivity contribution in [2.75, 3.05) is 64.0 Å². The van der Waals surface area contributed by atoms with Crippen molar-refractivity contribution in [1.82, 2.24) is 14.8 Å². The molecule has 3 aliphatic rings. The van der Waals surface area contributed by atoms with Crippen LogP contribution in [-0.4, -0.2) is 98.8 Å². The average molecular weight is 729 g/mol. The molecule has 0 spiro atoms. The third-order valence-corrected chi connectivity index (χ3v) is 10.8. The number of pyridine rings is 1. The number of rotatable bonds is 9. The van der Waals surface area contributed by atoms with Crippen LogP contribution in [0.25, 0.3) is 32.7 Å². The molecule has 0 saturated carbocycles. The van der Waals surface area contributed by atoms with Gasteiger partial charge in [0, 0.05) is 74.2 Å². The van der Waals surface area contributed by atoms with Crippen molar-refractivity contribution in [3.8, 4) is 22.9 Å². The van der Waals surface area contributed by atoms with Crippen LogP contribution in [0.2, 0.25) is 5.02 Å². The van der Waals surface area contributed by atoms with Gasteiger partial charge in [-0.25, -0.2) is 14.2 Å². The molecule has 3 aromatic carbocycles. The van der Waals surface area contributed by atoms with Gasteiger partial charge in [0.2, 0.25) is 0 Å². The van der Waals surface area contributed by atoms with Crippen LogP contribution >= 0.6 is 11.6 Å². The first-order valence-electron chi connectivity index (χ1n) is 17.9. The molecule has 1 amide bonds. The first kappa shape index (κ1) is 36.0. The number of fused-ring (bicyclic) bond motifs is 4. The van der Waals surface area contributed by atoms with Crippen LogP contribution in [0.1, 0.15) is 45.6 Å². The third-order valence-electron chi connectivity index (χ3n) is 10.4. The lowest BCUT2D eigenvalue weighted by Crippen LogP contribution is -2.58. The van der Waals surface area contributed by atoms with Crippen LogP contribution in [0.15, 0.2) is 42.5 Å². The number of ether oxygens (including phenoxy) is 3. The van der Waals surface area contributed by atoms with E-state index in [4.69, 9.17) is 30.8 Å². The van der Waals surface area contributed by atoms with E-state index in [1.807, 2.05) is 77.3 Å². The van der Waals surface area contributed by atoms with E-state index in [0.29, 0.717) is 83.5 Å². The second-order valence-corrected chi connectivity index (χ2v) is 15.7. The van der Waals surface area contributed by atoms with Crippen LogP contribution in [0, 0.1) is 17.1 Å². The summed E-state index contributed by atoms with van der Waals surface area (Å²) in [6.45, 7) is 8.02. The molecule has 0 N–H and O–H groups in total. The average Bonchev–Trinajstić information content (AvgIpc) is 3.32.